The molecule has 1 atom stereocenters. The Morgan fingerprint density at radius 1 is 1.47 bits per heavy atom. The number of rotatable bonds is 6. The minimum Gasteiger partial charge on any atom is -0.396 e. The summed E-state index contributed by atoms with van der Waals surface area (Å²) in [6.45, 7) is 3.15. The van der Waals surface area contributed by atoms with Crippen LogP contribution in [0.2, 0.25) is 0 Å². The summed E-state index contributed by atoms with van der Waals surface area (Å²) in [4.78, 5) is 8.28. The Morgan fingerprint density at radius 3 is 3.12 bits per heavy atom. The third-order valence-corrected chi connectivity index (χ3v) is 2.92. The Bertz CT molecular complexity index is 470. The third-order valence-electron chi connectivity index (χ3n) is 2.92. The Kier molecular flexibility index (Phi) is 3.87. The lowest BCUT2D eigenvalue weighted by atomic mass is 10.0. The molecule has 0 saturated heterocycles. The molecule has 0 fully saturated rings. The van der Waals surface area contributed by atoms with Gasteiger partial charge >= 0.3 is 0 Å². The van der Waals surface area contributed by atoms with Gasteiger partial charge in [0.25, 0.3) is 0 Å². The van der Waals surface area contributed by atoms with Gasteiger partial charge in [-0.05, 0) is 12.3 Å². The molecule has 0 bridgehead atoms. The highest BCUT2D eigenvalue weighted by Crippen LogP contribution is 2.17. The molecule has 0 saturated carbocycles. The lowest BCUT2D eigenvalue weighted by Gasteiger charge is -2.14. The van der Waals surface area contributed by atoms with Crippen molar-refractivity contribution >= 4 is 16.9 Å². The number of fused-ring (bicyclic) bond motifs is 1. The molecule has 6 heteroatoms. The second-order valence-corrected chi connectivity index (χ2v) is 4.02. The topological polar surface area (TPSA) is 86.7 Å². The van der Waals surface area contributed by atoms with Crippen LogP contribution >= 0.6 is 0 Å². The molecule has 92 valence electrons. The number of aliphatic hydroxyl groups is 1. The first-order valence-electron chi connectivity index (χ1n) is 5.84. The number of aromatic nitrogens is 4. The predicted octanol–water partition coefficient (Wildman–Crippen LogP) is 1.17. The summed E-state index contributed by atoms with van der Waals surface area (Å²) in [6.07, 6.45) is 5.07. The zero-order chi connectivity index (χ0) is 12.1. The molecule has 2 aromatic heterocycles. The largest absolute Gasteiger partial charge is 0.396 e. The number of aliphatic hydroxyl groups excluding tert-OH is 1. The molecule has 0 spiro atoms. The van der Waals surface area contributed by atoms with Crippen LogP contribution in [-0.2, 0) is 0 Å². The van der Waals surface area contributed by atoms with Crippen LogP contribution in [0.3, 0.4) is 0 Å². The van der Waals surface area contributed by atoms with E-state index >= 15 is 0 Å². The van der Waals surface area contributed by atoms with Gasteiger partial charge < -0.3 is 10.4 Å². The summed E-state index contributed by atoms with van der Waals surface area (Å²) in [6, 6.07) is 0. The van der Waals surface area contributed by atoms with E-state index in [1.807, 2.05) is 0 Å². The van der Waals surface area contributed by atoms with Crippen LogP contribution in [0.5, 0.6) is 0 Å². The number of hydrogen-bond donors (Lipinski definition) is 3. The molecule has 0 aliphatic heterocycles. The lowest BCUT2D eigenvalue weighted by Crippen LogP contribution is -2.15. The molecule has 0 aromatic carbocycles. The highest BCUT2D eigenvalue weighted by atomic mass is 16.3. The summed E-state index contributed by atoms with van der Waals surface area (Å²) < 4.78 is 0. The SMILES string of the molecule is CCC(CCO)CNc1ncnc2[nH]ncc12. The van der Waals surface area contributed by atoms with Gasteiger partial charge in [0.1, 0.15) is 12.1 Å². The van der Waals surface area contributed by atoms with E-state index in [0.29, 0.717) is 5.92 Å². The van der Waals surface area contributed by atoms with Crippen molar-refractivity contribution in [3.8, 4) is 0 Å². The van der Waals surface area contributed by atoms with Crippen molar-refractivity contribution in [2.24, 2.45) is 5.92 Å². The highest BCUT2D eigenvalue weighted by Gasteiger charge is 2.08. The number of anilines is 1. The van der Waals surface area contributed by atoms with Gasteiger partial charge in [-0.3, -0.25) is 5.10 Å². The number of aromatic amines is 1. The molecular weight excluding hydrogens is 218 g/mol. The van der Waals surface area contributed by atoms with Crippen molar-refractivity contribution in [3.05, 3.63) is 12.5 Å². The fraction of sp³-hybridized carbons (Fsp3) is 0.545. The van der Waals surface area contributed by atoms with Gasteiger partial charge in [0.05, 0.1) is 11.6 Å². The normalized spacial score (nSPS) is 12.8. The minimum atomic E-state index is 0.227. The van der Waals surface area contributed by atoms with E-state index in [-0.39, 0.29) is 6.61 Å². The van der Waals surface area contributed by atoms with Crippen LogP contribution in [0.15, 0.2) is 12.5 Å². The van der Waals surface area contributed by atoms with Crippen molar-refractivity contribution in [2.75, 3.05) is 18.5 Å². The summed E-state index contributed by atoms with van der Waals surface area (Å²) in [5.74, 6) is 1.25. The number of nitrogens with one attached hydrogen (secondary N) is 2. The maximum atomic E-state index is 8.94. The number of hydrogen-bond acceptors (Lipinski definition) is 5. The molecule has 17 heavy (non-hydrogen) atoms. The molecule has 0 radical (unpaired) electrons. The molecule has 0 aliphatic rings. The first kappa shape index (κ1) is 11.8. The zero-order valence-corrected chi connectivity index (χ0v) is 9.85. The van der Waals surface area contributed by atoms with Crippen molar-refractivity contribution in [3.63, 3.8) is 0 Å². The summed E-state index contributed by atoms with van der Waals surface area (Å²) >= 11 is 0. The second-order valence-electron chi connectivity index (χ2n) is 4.02. The van der Waals surface area contributed by atoms with Crippen LogP contribution in [0, 0.1) is 5.92 Å². The quantitative estimate of drug-likeness (QED) is 0.699. The van der Waals surface area contributed by atoms with Gasteiger partial charge in [0, 0.05) is 13.2 Å². The zero-order valence-electron chi connectivity index (χ0n) is 9.85. The van der Waals surface area contributed by atoms with Crippen molar-refractivity contribution < 1.29 is 5.11 Å². The Morgan fingerprint density at radius 2 is 2.35 bits per heavy atom. The van der Waals surface area contributed by atoms with E-state index in [4.69, 9.17) is 5.11 Å². The number of H-pyrrole nitrogens is 1. The van der Waals surface area contributed by atoms with Crippen molar-refractivity contribution in [1.82, 2.24) is 20.2 Å². The van der Waals surface area contributed by atoms with Gasteiger partial charge in [0.2, 0.25) is 0 Å². The van der Waals surface area contributed by atoms with E-state index in [1.54, 1.807) is 6.20 Å². The molecule has 3 N–H and O–H groups in total. The van der Waals surface area contributed by atoms with E-state index in [1.165, 1.54) is 6.33 Å². The van der Waals surface area contributed by atoms with Gasteiger partial charge in [-0.15, -0.1) is 0 Å². The monoisotopic (exact) mass is 235 g/mol. The summed E-state index contributed by atoms with van der Waals surface area (Å²) in [7, 11) is 0. The van der Waals surface area contributed by atoms with Crippen LogP contribution in [0.4, 0.5) is 5.82 Å². The fourth-order valence-electron chi connectivity index (χ4n) is 1.78. The van der Waals surface area contributed by atoms with Crippen LogP contribution < -0.4 is 5.32 Å². The molecule has 6 nitrogen and oxygen atoms in total. The molecule has 2 heterocycles. The average molecular weight is 235 g/mol. The van der Waals surface area contributed by atoms with Crippen LogP contribution in [0.1, 0.15) is 19.8 Å². The molecule has 2 aromatic rings. The average Bonchev–Trinajstić information content (AvgIpc) is 2.83. The van der Waals surface area contributed by atoms with Gasteiger partial charge in [0.15, 0.2) is 5.65 Å². The Balaban J connectivity index is 2.05. The van der Waals surface area contributed by atoms with Gasteiger partial charge in [-0.25, -0.2) is 9.97 Å². The maximum Gasteiger partial charge on any atom is 0.160 e. The maximum absolute atomic E-state index is 8.94. The lowest BCUT2D eigenvalue weighted by molar-refractivity contribution is 0.258. The molecule has 0 aliphatic carbocycles. The smallest absolute Gasteiger partial charge is 0.160 e. The van der Waals surface area contributed by atoms with Crippen LogP contribution in [0.25, 0.3) is 11.0 Å². The standard InChI is InChI=1S/C11H17N5O/c1-2-8(3-4-17)5-12-10-9-6-15-16-11(9)14-7-13-10/h6-8,17H,2-5H2,1H3,(H2,12,13,14,15,16). The minimum absolute atomic E-state index is 0.227. The number of nitrogens with zero attached hydrogens (tertiary/aromatic N) is 3. The summed E-state index contributed by atoms with van der Waals surface area (Å²) in [5, 5.41) is 19.9. The van der Waals surface area contributed by atoms with Crippen LogP contribution in [-0.4, -0.2) is 38.4 Å². The molecule has 0 amide bonds. The van der Waals surface area contributed by atoms with Gasteiger partial charge in [-0.2, -0.15) is 5.10 Å². The third kappa shape index (κ3) is 2.71. The first-order chi connectivity index (χ1) is 8.35. The van der Waals surface area contributed by atoms with E-state index in [2.05, 4.69) is 32.4 Å². The molecule has 2 rings (SSSR count). The van der Waals surface area contributed by atoms with E-state index < -0.39 is 0 Å². The molecular formula is C11H17N5O. The van der Waals surface area contributed by atoms with Gasteiger partial charge in [-0.1, -0.05) is 13.3 Å². The molecule has 1 unspecified atom stereocenters. The van der Waals surface area contributed by atoms with E-state index in [0.717, 1.165) is 36.2 Å². The second kappa shape index (κ2) is 5.58. The predicted molar refractivity (Wildman–Crippen MR) is 65.7 cm³/mol. The van der Waals surface area contributed by atoms with E-state index in [9.17, 15) is 0 Å². The highest BCUT2D eigenvalue weighted by molar-refractivity contribution is 5.85. The Hall–Kier alpha value is -1.69. The Labute approximate surface area is 99.5 Å². The summed E-state index contributed by atoms with van der Waals surface area (Å²) in [5.41, 5.74) is 0.734. The van der Waals surface area contributed by atoms with Crippen molar-refractivity contribution in [2.45, 2.75) is 19.8 Å². The fourth-order valence-corrected chi connectivity index (χ4v) is 1.78. The first-order valence-corrected chi connectivity index (χ1v) is 5.84. The van der Waals surface area contributed by atoms with Crippen molar-refractivity contribution in [1.29, 1.82) is 0 Å².